The number of nitrogens with one attached hydrogen (secondary N) is 1. The van der Waals surface area contributed by atoms with Crippen LogP contribution in [0.1, 0.15) is 10.4 Å². The van der Waals surface area contributed by atoms with Gasteiger partial charge in [0.05, 0.1) is 11.2 Å². The molecule has 92 valence electrons. The van der Waals surface area contributed by atoms with Crippen LogP contribution in [0.15, 0.2) is 36.5 Å². The van der Waals surface area contributed by atoms with Gasteiger partial charge in [-0.3, -0.25) is 4.79 Å². The third-order valence-electron chi connectivity index (χ3n) is 2.18. The average Bonchev–Trinajstić information content (AvgIpc) is 2.35. The molecule has 0 aliphatic rings. The molecule has 1 aromatic heterocycles. The summed E-state index contributed by atoms with van der Waals surface area (Å²) in [7, 11) is 0. The lowest BCUT2D eigenvalue weighted by Gasteiger charge is -2.05. The average molecular weight is 267 g/mol. The van der Waals surface area contributed by atoms with E-state index in [9.17, 15) is 14.3 Å². The van der Waals surface area contributed by atoms with Crippen molar-refractivity contribution in [1.29, 1.82) is 0 Å². The summed E-state index contributed by atoms with van der Waals surface area (Å²) in [5, 5.41) is 11.8. The van der Waals surface area contributed by atoms with Gasteiger partial charge in [0.2, 0.25) is 0 Å². The van der Waals surface area contributed by atoms with Gasteiger partial charge in [-0.2, -0.15) is 0 Å². The molecule has 0 aliphatic heterocycles. The monoisotopic (exact) mass is 266 g/mol. The van der Waals surface area contributed by atoms with Crippen molar-refractivity contribution in [3.8, 4) is 5.75 Å². The van der Waals surface area contributed by atoms with Crippen LogP contribution >= 0.6 is 11.6 Å². The van der Waals surface area contributed by atoms with Gasteiger partial charge in [0.15, 0.2) is 0 Å². The number of aromatic hydroxyl groups is 1. The van der Waals surface area contributed by atoms with E-state index in [2.05, 4.69) is 10.3 Å². The van der Waals surface area contributed by atoms with Gasteiger partial charge in [-0.1, -0.05) is 11.6 Å². The number of carbonyl (C=O) groups excluding carboxylic acids is 1. The first-order chi connectivity index (χ1) is 8.56. The summed E-state index contributed by atoms with van der Waals surface area (Å²) in [6.45, 7) is 0. The number of halogens is 2. The number of phenols is 1. The fourth-order valence-corrected chi connectivity index (χ4v) is 1.47. The van der Waals surface area contributed by atoms with Crippen LogP contribution in [0.4, 0.5) is 10.2 Å². The number of amides is 1. The minimum Gasteiger partial charge on any atom is -0.506 e. The smallest absolute Gasteiger partial charge is 0.256 e. The summed E-state index contributed by atoms with van der Waals surface area (Å²) >= 11 is 5.69. The van der Waals surface area contributed by atoms with Crippen LogP contribution in [-0.4, -0.2) is 16.0 Å². The van der Waals surface area contributed by atoms with Gasteiger partial charge >= 0.3 is 0 Å². The molecule has 1 aromatic carbocycles. The highest BCUT2D eigenvalue weighted by Gasteiger charge is 2.09. The Kier molecular flexibility index (Phi) is 3.43. The molecular formula is C12H8ClFN2O2. The molecule has 0 unspecified atom stereocenters. The molecule has 0 atom stereocenters. The fraction of sp³-hybridized carbons (Fsp3) is 0. The number of hydrogen-bond donors (Lipinski definition) is 2. The molecule has 0 saturated heterocycles. The first kappa shape index (κ1) is 12.3. The predicted octanol–water partition coefficient (Wildman–Crippen LogP) is 2.83. The number of pyridine rings is 1. The van der Waals surface area contributed by atoms with E-state index in [-0.39, 0.29) is 22.2 Å². The molecular weight excluding hydrogens is 259 g/mol. The van der Waals surface area contributed by atoms with Gasteiger partial charge < -0.3 is 10.4 Å². The zero-order valence-corrected chi connectivity index (χ0v) is 9.78. The number of carbonyl (C=O) groups is 1. The summed E-state index contributed by atoms with van der Waals surface area (Å²) in [6, 6.07) is 6.59. The quantitative estimate of drug-likeness (QED) is 0.879. The number of phenolic OH excluding ortho intramolecular Hbond substituents is 1. The lowest BCUT2D eigenvalue weighted by Crippen LogP contribution is -2.12. The van der Waals surface area contributed by atoms with Crippen LogP contribution < -0.4 is 5.32 Å². The van der Waals surface area contributed by atoms with Crippen LogP contribution in [0.5, 0.6) is 5.75 Å². The standard InChI is InChI=1S/C12H8ClFN2O2/c13-9-5-7(1-3-10(9)17)12(18)16-11-4-2-8(14)6-15-11/h1-6,17H,(H,15,16,18). The van der Waals surface area contributed by atoms with Crippen LogP contribution in [0.3, 0.4) is 0 Å². The minimum absolute atomic E-state index is 0.0784. The molecule has 2 N–H and O–H groups in total. The molecule has 0 fully saturated rings. The van der Waals surface area contributed by atoms with Crippen LogP contribution in [0, 0.1) is 5.82 Å². The summed E-state index contributed by atoms with van der Waals surface area (Å²) in [6.07, 6.45) is 0.999. The Hall–Kier alpha value is -2.14. The van der Waals surface area contributed by atoms with E-state index < -0.39 is 11.7 Å². The third-order valence-corrected chi connectivity index (χ3v) is 2.48. The molecule has 0 spiro atoms. The summed E-state index contributed by atoms with van der Waals surface area (Å²) in [5.41, 5.74) is 0.268. The molecule has 6 heteroatoms. The van der Waals surface area contributed by atoms with Crippen molar-refractivity contribution < 1.29 is 14.3 Å². The molecule has 1 heterocycles. The number of nitrogens with zero attached hydrogens (tertiary/aromatic N) is 1. The molecule has 4 nitrogen and oxygen atoms in total. The van der Waals surface area contributed by atoms with E-state index >= 15 is 0 Å². The van der Waals surface area contributed by atoms with Crippen LogP contribution in [0.25, 0.3) is 0 Å². The number of rotatable bonds is 2. The first-order valence-electron chi connectivity index (χ1n) is 4.97. The van der Waals surface area contributed by atoms with Crippen LogP contribution in [-0.2, 0) is 0 Å². The second-order valence-corrected chi connectivity index (χ2v) is 3.89. The SMILES string of the molecule is O=C(Nc1ccc(F)cn1)c1ccc(O)c(Cl)c1. The summed E-state index contributed by atoms with van der Waals surface area (Å²) in [5.74, 6) is -0.810. The van der Waals surface area contributed by atoms with Crippen LogP contribution in [0.2, 0.25) is 5.02 Å². The maximum atomic E-state index is 12.6. The first-order valence-corrected chi connectivity index (χ1v) is 5.35. The minimum atomic E-state index is -0.485. The Labute approximate surface area is 107 Å². The van der Waals surface area contributed by atoms with Gasteiger partial charge in [-0.15, -0.1) is 0 Å². The fourth-order valence-electron chi connectivity index (χ4n) is 1.29. The van der Waals surface area contributed by atoms with Crippen molar-refractivity contribution in [2.75, 3.05) is 5.32 Å². The van der Waals surface area contributed by atoms with Crippen molar-refractivity contribution in [3.05, 3.63) is 52.9 Å². The van der Waals surface area contributed by atoms with E-state index in [1.165, 1.54) is 30.3 Å². The van der Waals surface area contributed by atoms with Crippen molar-refractivity contribution >= 4 is 23.3 Å². The normalized spacial score (nSPS) is 10.1. The van der Waals surface area contributed by atoms with Gasteiger partial charge in [0.1, 0.15) is 17.4 Å². The van der Waals surface area contributed by atoms with Crippen molar-refractivity contribution in [3.63, 3.8) is 0 Å². The predicted molar refractivity (Wildman–Crippen MR) is 65.3 cm³/mol. The van der Waals surface area contributed by atoms with E-state index in [0.717, 1.165) is 6.20 Å². The largest absolute Gasteiger partial charge is 0.506 e. The molecule has 0 radical (unpaired) electrons. The number of anilines is 1. The highest BCUT2D eigenvalue weighted by molar-refractivity contribution is 6.32. The lowest BCUT2D eigenvalue weighted by atomic mass is 10.2. The Morgan fingerprint density at radius 1 is 1.33 bits per heavy atom. The van der Waals surface area contributed by atoms with Gasteiger partial charge in [-0.05, 0) is 30.3 Å². The number of hydrogen-bond acceptors (Lipinski definition) is 3. The topological polar surface area (TPSA) is 62.2 Å². The molecule has 0 aliphatic carbocycles. The summed E-state index contributed by atoms with van der Waals surface area (Å²) in [4.78, 5) is 15.5. The van der Waals surface area contributed by atoms with E-state index in [4.69, 9.17) is 11.6 Å². The molecule has 0 bridgehead atoms. The molecule has 18 heavy (non-hydrogen) atoms. The Morgan fingerprint density at radius 2 is 2.11 bits per heavy atom. The highest BCUT2D eigenvalue weighted by atomic mass is 35.5. The lowest BCUT2D eigenvalue weighted by molar-refractivity contribution is 0.102. The van der Waals surface area contributed by atoms with Crippen molar-refractivity contribution in [2.24, 2.45) is 0 Å². The second-order valence-electron chi connectivity index (χ2n) is 3.48. The molecule has 2 aromatic rings. The maximum Gasteiger partial charge on any atom is 0.256 e. The molecule has 0 saturated carbocycles. The maximum absolute atomic E-state index is 12.6. The Balaban J connectivity index is 2.16. The van der Waals surface area contributed by atoms with Crippen molar-refractivity contribution in [1.82, 2.24) is 4.98 Å². The van der Waals surface area contributed by atoms with Crippen molar-refractivity contribution in [2.45, 2.75) is 0 Å². The second kappa shape index (κ2) is 5.01. The Bertz CT molecular complexity index is 587. The van der Waals surface area contributed by atoms with Gasteiger partial charge in [0, 0.05) is 5.56 Å². The molecule has 1 amide bonds. The Morgan fingerprint density at radius 3 is 2.72 bits per heavy atom. The van der Waals surface area contributed by atoms with Gasteiger partial charge in [-0.25, -0.2) is 9.37 Å². The van der Waals surface area contributed by atoms with E-state index in [1.54, 1.807) is 0 Å². The van der Waals surface area contributed by atoms with E-state index in [0.29, 0.717) is 0 Å². The van der Waals surface area contributed by atoms with Gasteiger partial charge in [0.25, 0.3) is 5.91 Å². The molecule has 2 rings (SSSR count). The van der Waals surface area contributed by atoms with E-state index in [1.807, 2.05) is 0 Å². The third kappa shape index (κ3) is 2.75. The summed E-state index contributed by atoms with van der Waals surface area (Å²) < 4.78 is 12.6. The number of benzene rings is 1. The highest BCUT2D eigenvalue weighted by Crippen LogP contribution is 2.23. The zero-order chi connectivity index (χ0) is 13.1. The zero-order valence-electron chi connectivity index (χ0n) is 9.02. The number of aromatic nitrogens is 1.